The molecular formula is C18H19NOS. The predicted octanol–water partition coefficient (Wildman–Crippen LogP) is 4.34. The topological polar surface area (TPSA) is 22.0 Å². The Balaban J connectivity index is 2.21. The number of hydrogen-bond acceptors (Lipinski definition) is 2. The van der Waals surface area contributed by atoms with Gasteiger partial charge in [0.2, 0.25) is 0 Å². The molecule has 0 unspecified atom stereocenters. The Morgan fingerprint density at radius 1 is 1.14 bits per heavy atom. The van der Waals surface area contributed by atoms with Gasteiger partial charge in [0, 0.05) is 23.2 Å². The lowest BCUT2D eigenvalue weighted by Crippen LogP contribution is -2.12. The molecule has 3 aromatic rings. The number of aryl methyl sites for hydroxylation is 4. The number of benzene rings is 1. The van der Waals surface area contributed by atoms with Gasteiger partial charge in [-0.25, -0.2) is 0 Å². The molecule has 2 heterocycles. The Hall–Kier alpha value is -1.87. The molecule has 0 aliphatic heterocycles. The average molecular weight is 297 g/mol. The fourth-order valence-electron chi connectivity index (χ4n) is 2.75. The molecular weight excluding hydrogens is 278 g/mol. The number of fused-ring (bicyclic) bond motifs is 1. The van der Waals surface area contributed by atoms with Crippen LogP contribution in [0.4, 0.5) is 0 Å². The zero-order chi connectivity index (χ0) is 15.1. The fourth-order valence-corrected chi connectivity index (χ4v) is 3.88. The van der Waals surface area contributed by atoms with Crippen molar-refractivity contribution in [2.24, 2.45) is 0 Å². The van der Waals surface area contributed by atoms with Gasteiger partial charge in [-0.1, -0.05) is 29.8 Å². The van der Waals surface area contributed by atoms with E-state index in [-0.39, 0.29) is 5.43 Å². The van der Waals surface area contributed by atoms with E-state index in [1.807, 2.05) is 20.0 Å². The van der Waals surface area contributed by atoms with Crippen LogP contribution in [0.15, 0.2) is 35.3 Å². The van der Waals surface area contributed by atoms with Crippen LogP contribution >= 0.6 is 11.3 Å². The third-order valence-corrected chi connectivity index (χ3v) is 5.24. The Morgan fingerprint density at radius 3 is 2.62 bits per heavy atom. The van der Waals surface area contributed by atoms with Crippen LogP contribution in [0, 0.1) is 27.7 Å². The van der Waals surface area contributed by atoms with Gasteiger partial charge in [-0.05, 0) is 38.8 Å². The SMILES string of the molecule is Cc1cccc(Cn2cc(C)c(=O)c3c(C)c(C)sc32)c1. The summed E-state index contributed by atoms with van der Waals surface area (Å²) < 4.78 is 2.21. The van der Waals surface area contributed by atoms with Gasteiger partial charge < -0.3 is 4.57 Å². The Morgan fingerprint density at radius 2 is 1.90 bits per heavy atom. The molecule has 0 N–H and O–H groups in total. The molecule has 0 amide bonds. The zero-order valence-corrected chi connectivity index (χ0v) is 13.7. The molecule has 0 saturated heterocycles. The van der Waals surface area contributed by atoms with Gasteiger partial charge in [-0.15, -0.1) is 11.3 Å². The minimum absolute atomic E-state index is 0.173. The maximum Gasteiger partial charge on any atom is 0.193 e. The van der Waals surface area contributed by atoms with Gasteiger partial charge in [-0.2, -0.15) is 0 Å². The summed E-state index contributed by atoms with van der Waals surface area (Å²) in [5, 5.41) is 0.894. The quantitative estimate of drug-likeness (QED) is 0.689. The van der Waals surface area contributed by atoms with Gasteiger partial charge in [0.05, 0.1) is 5.39 Å². The van der Waals surface area contributed by atoms with Gasteiger partial charge in [0.1, 0.15) is 4.83 Å². The van der Waals surface area contributed by atoms with Gasteiger partial charge in [-0.3, -0.25) is 4.79 Å². The first-order valence-corrected chi connectivity index (χ1v) is 7.94. The van der Waals surface area contributed by atoms with Crippen molar-refractivity contribution in [3.05, 3.63) is 67.8 Å². The normalized spacial score (nSPS) is 11.2. The van der Waals surface area contributed by atoms with Gasteiger partial charge in [0.15, 0.2) is 5.43 Å². The lowest BCUT2D eigenvalue weighted by molar-refractivity contribution is 0.825. The Bertz CT molecular complexity index is 886. The second-order valence-corrected chi connectivity index (χ2v) is 6.92. The van der Waals surface area contributed by atoms with E-state index in [9.17, 15) is 4.79 Å². The minimum atomic E-state index is 0.173. The van der Waals surface area contributed by atoms with Crippen molar-refractivity contribution in [2.75, 3.05) is 0 Å². The third kappa shape index (κ3) is 2.42. The molecule has 108 valence electrons. The van der Waals surface area contributed by atoms with Crippen LogP contribution in [-0.2, 0) is 6.54 Å². The van der Waals surface area contributed by atoms with E-state index in [2.05, 4.69) is 42.7 Å². The number of hydrogen-bond donors (Lipinski definition) is 0. The van der Waals surface area contributed by atoms with Crippen LogP contribution in [0.2, 0.25) is 0 Å². The molecule has 3 rings (SSSR count). The smallest absolute Gasteiger partial charge is 0.193 e. The van der Waals surface area contributed by atoms with E-state index >= 15 is 0 Å². The molecule has 2 aromatic heterocycles. The number of rotatable bonds is 2. The summed E-state index contributed by atoms with van der Waals surface area (Å²) in [6.07, 6.45) is 1.99. The molecule has 0 saturated carbocycles. The van der Waals surface area contributed by atoms with Gasteiger partial charge >= 0.3 is 0 Å². The molecule has 2 nitrogen and oxygen atoms in total. The summed E-state index contributed by atoms with van der Waals surface area (Å²) in [7, 11) is 0. The van der Waals surface area contributed by atoms with Crippen molar-refractivity contribution in [2.45, 2.75) is 34.2 Å². The molecule has 0 aliphatic rings. The van der Waals surface area contributed by atoms with Crippen LogP contribution in [0.1, 0.15) is 27.1 Å². The van der Waals surface area contributed by atoms with E-state index in [0.29, 0.717) is 0 Å². The van der Waals surface area contributed by atoms with E-state index in [4.69, 9.17) is 0 Å². The maximum absolute atomic E-state index is 12.4. The van der Waals surface area contributed by atoms with Crippen LogP contribution < -0.4 is 5.43 Å². The van der Waals surface area contributed by atoms with Crippen LogP contribution in [-0.4, -0.2) is 4.57 Å². The van der Waals surface area contributed by atoms with Crippen molar-refractivity contribution in [3.8, 4) is 0 Å². The van der Waals surface area contributed by atoms with Crippen molar-refractivity contribution in [1.82, 2.24) is 4.57 Å². The first-order valence-electron chi connectivity index (χ1n) is 7.12. The molecule has 0 bridgehead atoms. The Kier molecular flexibility index (Phi) is 3.46. The summed E-state index contributed by atoms with van der Waals surface area (Å²) in [6.45, 7) is 8.95. The van der Waals surface area contributed by atoms with E-state index in [0.717, 1.165) is 27.9 Å². The lowest BCUT2D eigenvalue weighted by Gasteiger charge is -2.10. The molecule has 0 aliphatic carbocycles. The molecule has 0 spiro atoms. The highest BCUT2D eigenvalue weighted by Crippen LogP contribution is 2.28. The summed E-state index contributed by atoms with van der Waals surface area (Å²) in [5.41, 5.74) is 4.65. The number of aromatic nitrogens is 1. The highest BCUT2D eigenvalue weighted by Gasteiger charge is 2.13. The highest BCUT2D eigenvalue weighted by molar-refractivity contribution is 7.18. The average Bonchev–Trinajstić information content (AvgIpc) is 2.73. The predicted molar refractivity (Wildman–Crippen MR) is 90.6 cm³/mol. The highest BCUT2D eigenvalue weighted by atomic mass is 32.1. The number of pyridine rings is 1. The molecule has 21 heavy (non-hydrogen) atoms. The number of thiophene rings is 1. The lowest BCUT2D eigenvalue weighted by atomic mass is 10.1. The summed E-state index contributed by atoms with van der Waals surface area (Å²) >= 11 is 1.71. The standard InChI is InChI=1S/C18H19NOS/c1-11-6-5-7-15(8-11)10-19-9-12(2)17(20)16-13(3)14(4)21-18(16)19/h5-9H,10H2,1-4H3. The first kappa shape index (κ1) is 14.1. The first-order chi connectivity index (χ1) is 9.97. The van der Waals surface area contributed by atoms with Crippen LogP contribution in [0.5, 0.6) is 0 Å². The monoisotopic (exact) mass is 297 g/mol. The molecule has 3 heteroatoms. The maximum atomic E-state index is 12.4. The summed E-state index contributed by atoms with van der Waals surface area (Å²) in [5.74, 6) is 0. The fraction of sp³-hybridized carbons (Fsp3) is 0.278. The summed E-state index contributed by atoms with van der Waals surface area (Å²) in [4.78, 5) is 14.7. The van der Waals surface area contributed by atoms with Crippen molar-refractivity contribution in [1.29, 1.82) is 0 Å². The molecule has 0 radical (unpaired) electrons. The third-order valence-electron chi connectivity index (χ3n) is 4.00. The van der Waals surface area contributed by atoms with E-state index < -0.39 is 0 Å². The zero-order valence-electron chi connectivity index (χ0n) is 12.9. The largest absolute Gasteiger partial charge is 0.334 e. The van der Waals surface area contributed by atoms with Crippen molar-refractivity contribution in [3.63, 3.8) is 0 Å². The molecule has 0 fully saturated rings. The van der Waals surface area contributed by atoms with Crippen LogP contribution in [0.3, 0.4) is 0 Å². The second-order valence-electron chi connectivity index (χ2n) is 5.72. The minimum Gasteiger partial charge on any atom is -0.334 e. The van der Waals surface area contributed by atoms with Crippen molar-refractivity contribution >= 4 is 21.6 Å². The van der Waals surface area contributed by atoms with Crippen LogP contribution in [0.25, 0.3) is 10.2 Å². The van der Waals surface area contributed by atoms with Gasteiger partial charge in [0.25, 0.3) is 0 Å². The second kappa shape index (κ2) is 5.15. The molecule has 0 atom stereocenters. The van der Waals surface area contributed by atoms with E-state index in [1.54, 1.807) is 11.3 Å². The van der Waals surface area contributed by atoms with E-state index in [1.165, 1.54) is 16.0 Å². The summed E-state index contributed by atoms with van der Waals surface area (Å²) in [6, 6.07) is 8.53. The van der Waals surface area contributed by atoms with Crippen molar-refractivity contribution < 1.29 is 0 Å². The molecule has 1 aromatic carbocycles. The number of nitrogens with zero attached hydrogens (tertiary/aromatic N) is 1. The Labute approximate surface area is 128 Å².